The van der Waals surface area contributed by atoms with E-state index in [0.717, 1.165) is 24.9 Å². The molecule has 1 unspecified atom stereocenters. The zero-order valence-electron chi connectivity index (χ0n) is 19.1. The maximum Gasteiger partial charge on any atom is 0.268 e. The van der Waals surface area contributed by atoms with Crippen LogP contribution in [0.2, 0.25) is 0 Å². The van der Waals surface area contributed by atoms with Gasteiger partial charge in [0.25, 0.3) is 11.8 Å². The molecule has 1 fully saturated rings. The summed E-state index contributed by atoms with van der Waals surface area (Å²) in [5, 5.41) is 26.7. The average Bonchev–Trinajstić information content (AvgIpc) is 3.41. The molecule has 6 N–H and O–H groups in total. The maximum absolute atomic E-state index is 12.3. The lowest BCUT2D eigenvalue weighted by Gasteiger charge is -2.19. The van der Waals surface area contributed by atoms with Crippen LogP contribution in [-0.4, -0.2) is 52.8 Å². The Morgan fingerprint density at radius 2 is 1.60 bits per heavy atom. The molecule has 9 nitrogen and oxygen atoms in total. The van der Waals surface area contributed by atoms with Crippen molar-refractivity contribution in [1.29, 1.82) is 0 Å². The molecule has 0 spiro atoms. The number of hydrogen-bond donors (Lipinski definition) is 6. The Morgan fingerprint density at radius 3 is 2.11 bits per heavy atom. The summed E-state index contributed by atoms with van der Waals surface area (Å²) >= 11 is 0. The Kier molecular flexibility index (Phi) is 8.99. The number of hydroxylamine groups is 1. The number of rotatable bonds is 6. The van der Waals surface area contributed by atoms with E-state index < -0.39 is 24.0 Å². The molecule has 1 heterocycles. The van der Waals surface area contributed by atoms with Crippen molar-refractivity contribution in [2.45, 2.75) is 38.0 Å². The highest BCUT2D eigenvalue weighted by Gasteiger charge is 2.25. The predicted molar refractivity (Wildman–Crippen MR) is 129 cm³/mol. The van der Waals surface area contributed by atoms with Crippen molar-refractivity contribution < 1.29 is 24.7 Å². The molecule has 0 bridgehead atoms. The average molecular weight is 475 g/mol. The number of benzene rings is 2. The number of aliphatic hydroxyl groups excluding tert-OH is 1. The van der Waals surface area contributed by atoms with Crippen molar-refractivity contribution in [2.75, 3.05) is 11.9 Å². The van der Waals surface area contributed by atoms with Crippen molar-refractivity contribution in [3.8, 4) is 23.7 Å². The Labute approximate surface area is 203 Å². The predicted octanol–water partition coefficient (Wildman–Crippen LogP) is 0.765. The van der Waals surface area contributed by atoms with E-state index in [1.54, 1.807) is 36.4 Å². The van der Waals surface area contributed by atoms with Crippen molar-refractivity contribution in [1.82, 2.24) is 16.1 Å². The maximum atomic E-state index is 12.3. The first kappa shape index (κ1) is 25.5. The van der Waals surface area contributed by atoms with Gasteiger partial charge in [0.05, 0.1) is 12.1 Å². The summed E-state index contributed by atoms with van der Waals surface area (Å²) in [6.07, 6.45) is 0.652. The lowest BCUT2D eigenvalue weighted by Crippen LogP contribution is -2.51. The Balaban J connectivity index is 1.55. The van der Waals surface area contributed by atoms with E-state index in [1.165, 1.54) is 24.5 Å². The van der Waals surface area contributed by atoms with E-state index >= 15 is 0 Å². The van der Waals surface area contributed by atoms with Gasteiger partial charge in [0, 0.05) is 22.4 Å². The molecule has 0 aromatic heterocycles. The number of anilines is 1. The zero-order chi connectivity index (χ0) is 25.2. The molecule has 1 aliphatic rings. The summed E-state index contributed by atoms with van der Waals surface area (Å²) in [6.45, 7) is 2.18. The lowest BCUT2D eigenvalue weighted by molar-refractivity contribution is -0.133. The summed E-state index contributed by atoms with van der Waals surface area (Å²) in [5.41, 5.74) is 3.76. The van der Waals surface area contributed by atoms with Gasteiger partial charge in [0.2, 0.25) is 5.91 Å². The molecular weight excluding hydrogens is 448 g/mol. The van der Waals surface area contributed by atoms with E-state index in [4.69, 9.17) is 5.21 Å². The highest BCUT2D eigenvalue weighted by atomic mass is 16.5. The molecule has 3 atom stereocenters. The summed E-state index contributed by atoms with van der Waals surface area (Å²) in [5.74, 6) is 9.79. The zero-order valence-corrected chi connectivity index (χ0v) is 19.1. The third-order valence-electron chi connectivity index (χ3n) is 5.31. The van der Waals surface area contributed by atoms with E-state index in [-0.39, 0.29) is 17.5 Å². The van der Waals surface area contributed by atoms with Crippen LogP contribution in [-0.2, 0) is 9.59 Å². The van der Waals surface area contributed by atoms with E-state index in [1.807, 2.05) is 0 Å². The first-order valence-electron chi connectivity index (χ1n) is 11.1. The normalized spacial score (nSPS) is 15.9. The minimum absolute atomic E-state index is 0.0332. The molecule has 0 saturated carbocycles. The fraction of sp³-hybridized carbons (Fsp3) is 0.269. The molecule has 0 radical (unpaired) electrons. The van der Waals surface area contributed by atoms with Crippen LogP contribution in [0, 0.1) is 23.7 Å². The summed E-state index contributed by atoms with van der Waals surface area (Å²) in [7, 11) is 0. The van der Waals surface area contributed by atoms with Crippen LogP contribution in [0.1, 0.15) is 41.3 Å². The number of nitrogens with one attached hydrogen (secondary N) is 4. The Morgan fingerprint density at radius 1 is 1.00 bits per heavy atom. The largest absolute Gasteiger partial charge is 0.391 e. The second-order valence-corrected chi connectivity index (χ2v) is 7.96. The van der Waals surface area contributed by atoms with Crippen LogP contribution in [0.4, 0.5) is 5.69 Å². The topological polar surface area (TPSA) is 140 Å². The highest BCUT2D eigenvalue weighted by Crippen LogP contribution is 2.12. The first-order valence-corrected chi connectivity index (χ1v) is 11.1. The molecule has 35 heavy (non-hydrogen) atoms. The number of carbonyl (C=O) groups excluding carboxylic acids is 3. The SMILES string of the molecule is C[C@H](O)[C@H](NC(=O)c1ccc(C#CC#Cc2ccc(NC(=O)C3CCCN3)cc2)cc1)C(=O)NO. The van der Waals surface area contributed by atoms with Gasteiger partial charge in [-0.3, -0.25) is 19.6 Å². The van der Waals surface area contributed by atoms with Gasteiger partial charge in [-0.15, -0.1) is 0 Å². The van der Waals surface area contributed by atoms with Gasteiger partial charge in [0.1, 0.15) is 6.04 Å². The van der Waals surface area contributed by atoms with Gasteiger partial charge < -0.3 is 21.1 Å². The third kappa shape index (κ3) is 7.42. The first-order chi connectivity index (χ1) is 16.9. The van der Waals surface area contributed by atoms with Crippen molar-refractivity contribution in [3.05, 3.63) is 65.2 Å². The van der Waals surface area contributed by atoms with Gasteiger partial charge in [-0.05, 0) is 86.7 Å². The van der Waals surface area contributed by atoms with Crippen molar-refractivity contribution in [3.63, 3.8) is 0 Å². The van der Waals surface area contributed by atoms with Crippen LogP contribution >= 0.6 is 0 Å². The summed E-state index contributed by atoms with van der Waals surface area (Å²) in [6, 6.07) is 12.1. The van der Waals surface area contributed by atoms with Gasteiger partial charge in [-0.2, -0.15) is 0 Å². The molecule has 1 saturated heterocycles. The summed E-state index contributed by atoms with van der Waals surface area (Å²) in [4.78, 5) is 36.0. The molecule has 2 aromatic rings. The number of carbonyl (C=O) groups is 3. The molecule has 9 heteroatoms. The molecule has 3 rings (SSSR count). The Hall–Kier alpha value is -4.15. The smallest absolute Gasteiger partial charge is 0.268 e. The summed E-state index contributed by atoms with van der Waals surface area (Å²) < 4.78 is 0. The molecule has 3 amide bonds. The van der Waals surface area contributed by atoms with E-state index in [2.05, 4.69) is 39.6 Å². The standard InChI is InChI=1S/C26H26N4O5/c1-17(31)23(26(34)30-35)29-24(32)20-12-8-18(9-13-20)5-2-3-6-19-10-14-21(15-11-19)28-25(33)22-7-4-16-27-22/h8-15,17,22-23,27,31,35H,4,7,16H2,1H3,(H,28,33)(H,29,32)(H,30,34)/t17-,22?,23-/m0/s1. The number of hydrogen-bond acceptors (Lipinski definition) is 6. The molecule has 1 aliphatic heterocycles. The fourth-order valence-electron chi connectivity index (χ4n) is 3.39. The van der Waals surface area contributed by atoms with Crippen LogP contribution in [0.5, 0.6) is 0 Å². The third-order valence-corrected chi connectivity index (χ3v) is 5.31. The van der Waals surface area contributed by atoms with E-state index in [9.17, 15) is 19.5 Å². The fourth-order valence-corrected chi connectivity index (χ4v) is 3.39. The van der Waals surface area contributed by atoms with Gasteiger partial charge in [-0.25, -0.2) is 5.48 Å². The number of aliphatic hydroxyl groups is 1. The number of amides is 3. The molecule has 180 valence electrons. The monoisotopic (exact) mass is 474 g/mol. The van der Waals surface area contributed by atoms with Crippen LogP contribution < -0.4 is 21.4 Å². The van der Waals surface area contributed by atoms with Gasteiger partial charge in [-0.1, -0.05) is 11.8 Å². The minimum Gasteiger partial charge on any atom is -0.391 e. The van der Waals surface area contributed by atoms with Crippen LogP contribution in [0.25, 0.3) is 0 Å². The molecular formula is C26H26N4O5. The van der Waals surface area contributed by atoms with Crippen LogP contribution in [0.15, 0.2) is 48.5 Å². The van der Waals surface area contributed by atoms with Crippen molar-refractivity contribution in [2.24, 2.45) is 0 Å². The quantitative estimate of drug-likeness (QED) is 0.208. The minimum atomic E-state index is -1.29. The highest BCUT2D eigenvalue weighted by molar-refractivity contribution is 5.97. The van der Waals surface area contributed by atoms with E-state index in [0.29, 0.717) is 11.3 Å². The molecule has 2 aromatic carbocycles. The molecule has 0 aliphatic carbocycles. The van der Waals surface area contributed by atoms with Gasteiger partial charge >= 0.3 is 0 Å². The lowest BCUT2D eigenvalue weighted by atomic mass is 10.1. The van der Waals surface area contributed by atoms with Gasteiger partial charge in [0.15, 0.2) is 0 Å². The second-order valence-electron chi connectivity index (χ2n) is 7.96. The van der Waals surface area contributed by atoms with Crippen LogP contribution in [0.3, 0.4) is 0 Å². The van der Waals surface area contributed by atoms with Crippen molar-refractivity contribution >= 4 is 23.4 Å². The second kappa shape index (κ2) is 12.4. The Bertz CT molecular complexity index is 1180.